The van der Waals surface area contributed by atoms with Gasteiger partial charge < -0.3 is 15.6 Å². The minimum Gasteiger partial charge on any atom is -0.445 e. The number of hydrogen-bond donors (Lipinski definition) is 3. The van der Waals surface area contributed by atoms with Gasteiger partial charge in [-0.2, -0.15) is 0 Å². The fraction of sp³-hybridized carbons (Fsp3) is 0.667. The molecule has 0 aromatic carbocycles. The summed E-state index contributed by atoms with van der Waals surface area (Å²) in [6.07, 6.45) is 0.655. The van der Waals surface area contributed by atoms with Gasteiger partial charge in [-0.05, 0) is 6.08 Å². The normalized spacial score (nSPS) is 14.0. The van der Waals surface area contributed by atoms with Crippen molar-refractivity contribution in [1.29, 1.82) is 0 Å². The molecule has 0 aliphatic carbocycles. The maximum Gasteiger partial charge on any atom is 0.412 e. The Morgan fingerprint density at radius 3 is 2.38 bits per heavy atom. The van der Waals surface area contributed by atoms with Crippen molar-refractivity contribution in [3.63, 3.8) is 0 Å². The van der Waals surface area contributed by atoms with Crippen LogP contribution in [0.1, 0.15) is 20.8 Å². The SMILES string of the molecule is CC(C)(C)/C(N)=C/C(=NCCO)NC(=O)OCC(Cl)(Cl)Cl. The van der Waals surface area contributed by atoms with Crippen LogP contribution in [0.15, 0.2) is 16.8 Å². The van der Waals surface area contributed by atoms with Gasteiger partial charge in [-0.1, -0.05) is 55.6 Å². The summed E-state index contributed by atoms with van der Waals surface area (Å²) < 4.78 is 3.03. The second-order valence-electron chi connectivity index (χ2n) is 5.16. The number of hydrogen-bond acceptors (Lipinski definition) is 5. The number of amides is 1. The van der Waals surface area contributed by atoms with E-state index in [0.717, 1.165) is 0 Å². The van der Waals surface area contributed by atoms with E-state index in [1.165, 1.54) is 6.08 Å². The number of nitrogens with zero attached hydrogens (tertiary/aromatic N) is 1. The molecule has 0 rings (SSSR count). The summed E-state index contributed by atoms with van der Waals surface area (Å²) in [5.74, 6) is 0.158. The number of amidine groups is 1. The predicted octanol–water partition coefficient (Wildman–Crippen LogP) is 2.36. The minimum absolute atomic E-state index is 0.105. The zero-order chi connectivity index (χ0) is 16.7. The fourth-order valence-electron chi connectivity index (χ4n) is 0.944. The highest BCUT2D eigenvalue weighted by Gasteiger charge is 2.22. The van der Waals surface area contributed by atoms with Crippen LogP contribution >= 0.6 is 34.8 Å². The number of alkyl carbamates (subject to hydrolysis) is 1. The molecule has 21 heavy (non-hydrogen) atoms. The van der Waals surface area contributed by atoms with E-state index in [1.54, 1.807) is 0 Å². The van der Waals surface area contributed by atoms with E-state index in [9.17, 15) is 4.79 Å². The molecule has 0 heterocycles. The molecule has 0 saturated carbocycles. The van der Waals surface area contributed by atoms with Crippen LogP contribution in [-0.4, -0.2) is 40.6 Å². The van der Waals surface area contributed by atoms with Crippen LogP contribution in [0.5, 0.6) is 0 Å². The lowest BCUT2D eigenvalue weighted by molar-refractivity contribution is 0.154. The zero-order valence-electron chi connectivity index (χ0n) is 12.1. The Morgan fingerprint density at radius 1 is 1.38 bits per heavy atom. The Balaban J connectivity index is 4.84. The number of alkyl halides is 3. The first-order chi connectivity index (χ1) is 9.45. The Hall–Kier alpha value is -0.690. The number of carbonyl (C=O) groups is 1. The van der Waals surface area contributed by atoms with Crippen LogP contribution < -0.4 is 11.1 Å². The van der Waals surface area contributed by atoms with Gasteiger partial charge in [-0.3, -0.25) is 10.3 Å². The number of halogens is 3. The molecule has 0 aromatic rings. The molecule has 6 nitrogen and oxygen atoms in total. The molecular formula is C12H20Cl3N3O3. The molecule has 9 heteroatoms. The summed E-state index contributed by atoms with van der Waals surface area (Å²) >= 11 is 16.4. The summed E-state index contributed by atoms with van der Waals surface area (Å²) in [5, 5.41) is 11.2. The quantitative estimate of drug-likeness (QED) is 0.407. The maximum atomic E-state index is 11.6. The first-order valence-electron chi connectivity index (χ1n) is 6.09. The summed E-state index contributed by atoms with van der Waals surface area (Å²) in [6.45, 7) is 5.25. The van der Waals surface area contributed by atoms with Crippen molar-refractivity contribution in [2.45, 2.75) is 24.6 Å². The average Bonchev–Trinajstić information content (AvgIpc) is 2.31. The first-order valence-corrected chi connectivity index (χ1v) is 7.22. The highest BCUT2D eigenvalue weighted by atomic mass is 35.6. The molecular weight excluding hydrogens is 341 g/mol. The standard InChI is InChI=1S/C12H20Cl3N3O3/c1-11(2,3)8(16)6-9(17-4-5-19)18-10(20)21-7-12(13,14)15/h6,19H,4-5,7,16H2,1-3H3,(H,17,18,20)/b8-6-. The second-order valence-corrected chi connectivity index (χ2v) is 7.67. The van der Waals surface area contributed by atoms with Gasteiger partial charge >= 0.3 is 6.09 Å². The highest BCUT2D eigenvalue weighted by Crippen LogP contribution is 2.25. The van der Waals surface area contributed by atoms with Gasteiger partial charge in [-0.25, -0.2) is 4.79 Å². The third-order valence-corrected chi connectivity index (χ3v) is 2.46. The smallest absolute Gasteiger partial charge is 0.412 e. The number of aliphatic hydroxyl groups is 1. The number of nitrogens with one attached hydrogen (secondary N) is 1. The number of aliphatic imine (C=N–C) groups is 1. The minimum atomic E-state index is -1.69. The van der Waals surface area contributed by atoms with Crippen molar-refractivity contribution in [2.75, 3.05) is 19.8 Å². The van der Waals surface area contributed by atoms with Gasteiger partial charge in [0.1, 0.15) is 12.4 Å². The van der Waals surface area contributed by atoms with E-state index in [0.29, 0.717) is 5.70 Å². The number of ether oxygens (including phenoxy) is 1. The summed E-state index contributed by atoms with van der Waals surface area (Å²) in [4.78, 5) is 15.6. The summed E-state index contributed by atoms with van der Waals surface area (Å²) in [5.41, 5.74) is 6.10. The summed E-state index contributed by atoms with van der Waals surface area (Å²) in [7, 11) is 0. The molecule has 0 atom stereocenters. The largest absolute Gasteiger partial charge is 0.445 e. The molecule has 0 bridgehead atoms. The third-order valence-electron chi connectivity index (χ3n) is 2.14. The lowest BCUT2D eigenvalue weighted by atomic mass is 9.92. The molecule has 0 aliphatic rings. The Kier molecular flexibility index (Phi) is 8.39. The van der Waals surface area contributed by atoms with Gasteiger partial charge in [-0.15, -0.1) is 0 Å². The number of carbonyl (C=O) groups excluding carboxylic acids is 1. The Bertz CT molecular complexity index is 412. The fourth-order valence-corrected chi connectivity index (χ4v) is 1.11. The number of allylic oxidation sites excluding steroid dienone is 1. The predicted molar refractivity (Wildman–Crippen MR) is 85.9 cm³/mol. The van der Waals surface area contributed by atoms with Crippen molar-refractivity contribution in [3.8, 4) is 0 Å². The van der Waals surface area contributed by atoms with Crippen LogP contribution in [0.2, 0.25) is 0 Å². The van der Waals surface area contributed by atoms with Crippen LogP contribution in [0, 0.1) is 5.41 Å². The molecule has 1 amide bonds. The monoisotopic (exact) mass is 359 g/mol. The molecule has 0 aliphatic heterocycles. The number of nitrogens with two attached hydrogens (primary N) is 1. The van der Waals surface area contributed by atoms with Gasteiger partial charge in [0.15, 0.2) is 0 Å². The molecule has 0 fully saturated rings. The van der Waals surface area contributed by atoms with Gasteiger partial charge in [0, 0.05) is 11.1 Å². The molecule has 0 spiro atoms. The van der Waals surface area contributed by atoms with E-state index >= 15 is 0 Å². The van der Waals surface area contributed by atoms with Crippen LogP contribution in [0.3, 0.4) is 0 Å². The molecule has 4 N–H and O–H groups in total. The van der Waals surface area contributed by atoms with Crippen molar-refractivity contribution in [2.24, 2.45) is 16.1 Å². The van der Waals surface area contributed by atoms with Crippen molar-refractivity contribution < 1.29 is 14.6 Å². The molecule has 0 aromatic heterocycles. The number of aliphatic hydroxyl groups excluding tert-OH is 1. The van der Waals surface area contributed by atoms with E-state index in [2.05, 4.69) is 10.3 Å². The number of rotatable bonds is 4. The highest BCUT2D eigenvalue weighted by molar-refractivity contribution is 6.67. The van der Waals surface area contributed by atoms with E-state index in [1.807, 2.05) is 20.8 Å². The van der Waals surface area contributed by atoms with Crippen molar-refractivity contribution >= 4 is 46.7 Å². The van der Waals surface area contributed by atoms with E-state index < -0.39 is 16.5 Å². The van der Waals surface area contributed by atoms with E-state index in [4.69, 9.17) is 50.4 Å². The lowest BCUT2D eigenvalue weighted by Crippen LogP contribution is -2.33. The Labute approximate surface area is 139 Å². The van der Waals surface area contributed by atoms with Gasteiger partial charge in [0.25, 0.3) is 0 Å². The molecule has 122 valence electrons. The topological polar surface area (TPSA) is 96.9 Å². The third kappa shape index (κ3) is 10.6. The Morgan fingerprint density at radius 2 is 1.95 bits per heavy atom. The van der Waals surface area contributed by atoms with Crippen LogP contribution in [0.4, 0.5) is 4.79 Å². The average molecular weight is 361 g/mol. The van der Waals surface area contributed by atoms with E-state index in [-0.39, 0.29) is 24.4 Å². The van der Waals surface area contributed by atoms with Crippen molar-refractivity contribution in [1.82, 2.24) is 5.32 Å². The second kappa shape index (κ2) is 8.68. The molecule has 0 radical (unpaired) electrons. The van der Waals surface area contributed by atoms with Crippen LogP contribution in [0.25, 0.3) is 0 Å². The lowest BCUT2D eigenvalue weighted by Gasteiger charge is -2.19. The molecule has 0 saturated heterocycles. The maximum absolute atomic E-state index is 11.6. The van der Waals surface area contributed by atoms with Gasteiger partial charge in [0.2, 0.25) is 3.79 Å². The zero-order valence-corrected chi connectivity index (χ0v) is 14.4. The molecule has 0 unspecified atom stereocenters. The van der Waals surface area contributed by atoms with Crippen molar-refractivity contribution in [3.05, 3.63) is 11.8 Å². The van der Waals surface area contributed by atoms with Crippen LogP contribution in [-0.2, 0) is 4.74 Å². The van der Waals surface area contributed by atoms with Gasteiger partial charge in [0.05, 0.1) is 13.2 Å². The summed E-state index contributed by atoms with van der Waals surface area (Å²) in [6, 6.07) is 0. The first kappa shape index (κ1) is 20.3.